The van der Waals surface area contributed by atoms with E-state index in [4.69, 9.17) is 9.47 Å². The van der Waals surface area contributed by atoms with E-state index in [1.54, 1.807) is 16.7 Å². The summed E-state index contributed by atoms with van der Waals surface area (Å²) in [5.74, 6) is -0.0691. The normalized spacial score (nSPS) is 14.2. The Kier molecular flexibility index (Phi) is 7.03. The van der Waals surface area contributed by atoms with Crippen molar-refractivity contribution in [1.82, 2.24) is 9.80 Å². The van der Waals surface area contributed by atoms with Crippen LogP contribution >= 0.6 is 0 Å². The van der Waals surface area contributed by atoms with Gasteiger partial charge in [0.2, 0.25) is 5.91 Å². The first-order chi connectivity index (χ1) is 13.7. The first-order valence-corrected chi connectivity index (χ1v) is 9.60. The Balaban J connectivity index is 1.58. The maximum absolute atomic E-state index is 12.6. The number of rotatable bonds is 6. The van der Waals surface area contributed by atoms with E-state index in [0.717, 1.165) is 11.1 Å². The SMILES string of the molecule is CCOC(=O)N1CCN(C(=O)COC(c2ccccc2)c2ccccc2)CC1. The third-order valence-electron chi connectivity index (χ3n) is 4.74. The number of benzene rings is 2. The molecule has 1 aliphatic rings. The fourth-order valence-electron chi connectivity index (χ4n) is 3.24. The van der Waals surface area contributed by atoms with Crippen molar-refractivity contribution in [1.29, 1.82) is 0 Å². The molecule has 0 aliphatic carbocycles. The van der Waals surface area contributed by atoms with Crippen LogP contribution in [-0.4, -0.2) is 61.2 Å². The fraction of sp³-hybridized carbons (Fsp3) is 0.364. The molecule has 0 radical (unpaired) electrons. The predicted molar refractivity (Wildman–Crippen MR) is 106 cm³/mol. The van der Waals surface area contributed by atoms with E-state index in [-0.39, 0.29) is 24.7 Å². The summed E-state index contributed by atoms with van der Waals surface area (Å²) in [5, 5.41) is 0. The second kappa shape index (κ2) is 9.90. The summed E-state index contributed by atoms with van der Waals surface area (Å²) in [6.07, 6.45) is -0.619. The van der Waals surface area contributed by atoms with Crippen LogP contribution in [0.3, 0.4) is 0 Å². The van der Waals surface area contributed by atoms with Crippen molar-refractivity contribution in [3.8, 4) is 0 Å². The molecule has 1 heterocycles. The fourth-order valence-corrected chi connectivity index (χ4v) is 3.24. The number of carbonyl (C=O) groups is 2. The van der Waals surface area contributed by atoms with Gasteiger partial charge in [0.05, 0.1) is 6.61 Å². The van der Waals surface area contributed by atoms with Crippen LogP contribution in [0.25, 0.3) is 0 Å². The van der Waals surface area contributed by atoms with Crippen LogP contribution in [0.1, 0.15) is 24.2 Å². The molecule has 2 amide bonds. The van der Waals surface area contributed by atoms with Gasteiger partial charge in [0.15, 0.2) is 0 Å². The van der Waals surface area contributed by atoms with Gasteiger partial charge in [-0.15, -0.1) is 0 Å². The van der Waals surface area contributed by atoms with Crippen molar-refractivity contribution in [2.24, 2.45) is 0 Å². The Morgan fingerprint density at radius 2 is 1.36 bits per heavy atom. The predicted octanol–water partition coefficient (Wildman–Crippen LogP) is 3.09. The van der Waals surface area contributed by atoms with E-state index in [9.17, 15) is 9.59 Å². The van der Waals surface area contributed by atoms with Gasteiger partial charge in [-0.1, -0.05) is 60.7 Å². The lowest BCUT2D eigenvalue weighted by molar-refractivity contribution is -0.139. The Bertz CT molecular complexity index is 719. The Morgan fingerprint density at radius 1 is 0.857 bits per heavy atom. The van der Waals surface area contributed by atoms with Crippen molar-refractivity contribution < 1.29 is 19.1 Å². The van der Waals surface area contributed by atoms with Gasteiger partial charge in [-0.2, -0.15) is 0 Å². The summed E-state index contributed by atoms with van der Waals surface area (Å²) in [4.78, 5) is 27.8. The van der Waals surface area contributed by atoms with Gasteiger partial charge in [-0.05, 0) is 18.1 Å². The van der Waals surface area contributed by atoms with Gasteiger partial charge >= 0.3 is 6.09 Å². The smallest absolute Gasteiger partial charge is 0.409 e. The van der Waals surface area contributed by atoms with Crippen LogP contribution in [0.15, 0.2) is 60.7 Å². The van der Waals surface area contributed by atoms with Gasteiger partial charge in [0.25, 0.3) is 0 Å². The molecule has 148 valence electrons. The van der Waals surface area contributed by atoms with Crippen molar-refractivity contribution in [2.45, 2.75) is 13.0 Å². The van der Waals surface area contributed by atoms with Gasteiger partial charge in [0.1, 0.15) is 12.7 Å². The molecular formula is C22H26N2O4. The zero-order chi connectivity index (χ0) is 19.8. The van der Waals surface area contributed by atoms with Gasteiger partial charge < -0.3 is 19.3 Å². The van der Waals surface area contributed by atoms with E-state index in [0.29, 0.717) is 32.8 Å². The maximum Gasteiger partial charge on any atom is 0.409 e. The van der Waals surface area contributed by atoms with E-state index in [1.807, 2.05) is 60.7 Å². The molecule has 0 saturated carbocycles. The van der Waals surface area contributed by atoms with E-state index >= 15 is 0 Å². The molecule has 0 spiro atoms. The van der Waals surface area contributed by atoms with E-state index in [1.165, 1.54) is 0 Å². The van der Waals surface area contributed by atoms with Crippen LogP contribution in [0.5, 0.6) is 0 Å². The zero-order valence-corrected chi connectivity index (χ0v) is 16.1. The highest BCUT2D eigenvalue weighted by Crippen LogP contribution is 2.25. The molecule has 6 heteroatoms. The number of piperazine rings is 1. The molecule has 1 saturated heterocycles. The van der Waals surface area contributed by atoms with Gasteiger partial charge in [-0.3, -0.25) is 4.79 Å². The minimum Gasteiger partial charge on any atom is -0.450 e. The van der Waals surface area contributed by atoms with Crippen LogP contribution in [-0.2, 0) is 14.3 Å². The molecule has 0 unspecified atom stereocenters. The number of hydrogen-bond acceptors (Lipinski definition) is 4. The molecule has 28 heavy (non-hydrogen) atoms. The molecule has 3 rings (SSSR count). The summed E-state index contributed by atoms with van der Waals surface area (Å²) in [5.41, 5.74) is 2.02. The van der Waals surface area contributed by atoms with E-state index in [2.05, 4.69) is 0 Å². The largest absolute Gasteiger partial charge is 0.450 e. The summed E-state index contributed by atoms with van der Waals surface area (Å²) < 4.78 is 11.1. The summed E-state index contributed by atoms with van der Waals surface area (Å²) in [6.45, 7) is 4.06. The zero-order valence-electron chi connectivity index (χ0n) is 16.1. The molecule has 0 N–H and O–H groups in total. The Morgan fingerprint density at radius 3 is 1.86 bits per heavy atom. The molecule has 1 fully saturated rings. The standard InChI is InChI=1S/C22H26N2O4/c1-2-27-22(26)24-15-13-23(14-16-24)20(25)17-28-21(18-9-5-3-6-10-18)19-11-7-4-8-12-19/h3-12,21H,2,13-17H2,1H3. The van der Waals surface area contributed by atoms with Gasteiger partial charge in [-0.25, -0.2) is 4.79 Å². The third-order valence-corrected chi connectivity index (χ3v) is 4.74. The first kappa shape index (κ1) is 19.9. The van der Waals surface area contributed by atoms with E-state index < -0.39 is 0 Å². The molecule has 6 nitrogen and oxygen atoms in total. The monoisotopic (exact) mass is 382 g/mol. The highest BCUT2D eigenvalue weighted by molar-refractivity contribution is 5.78. The van der Waals surface area contributed by atoms with Crippen molar-refractivity contribution in [3.63, 3.8) is 0 Å². The molecule has 0 atom stereocenters. The van der Waals surface area contributed by atoms with Crippen LogP contribution in [0.4, 0.5) is 4.79 Å². The molecule has 0 aromatic heterocycles. The van der Waals surface area contributed by atoms with Crippen molar-refractivity contribution in [3.05, 3.63) is 71.8 Å². The van der Waals surface area contributed by atoms with Crippen LogP contribution in [0.2, 0.25) is 0 Å². The minimum absolute atomic E-state index is 0.00609. The van der Waals surface area contributed by atoms with Crippen molar-refractivity contribution in [2.75, 3.05) is 39.4 Å². The highest BCUT2D eigenvalue weighted by Gasteiger charge is 2.25. The quantitative estimate of drug-likeness (QED) is 0.770. The summed E-state index contributed by atoms with van der Waals surface area (Å²) in [6, 6.07) is 19.8. The number of carbonyl (C=O) groups excluding carboxylic acids is 2. The number of nitrogens with zero attached hydrogens (tertiary/aromatic N) is 2. The van der Waals surface area contributed by atoms with Crippen molar-refractivity contribution >= 4 is 12.0 Å². The lowest BCUT2D eigenvalue weighted by Gasteiger charge is -2.34. The molecule has 0 bridgehead atoms. The van der Waals surface area contributed by atoms with Gasteiger partial charge in [0, 0.05) is 26.2 Å². The molecular weight excluding hydrogens is 356 g/mol. The Hall–Kier alpha value is -2.86. The average Bonchev–Trinajstić information content (AvgIpc) is 2.75. The second-order valence-electron chi connectivity index (χ2n) is 6.58. The molecule has 2 aromatic rings. The highest BCUT2D eigenvalue weighted by atomic mass is 16.6. The number of amides is 2. The molecule has 1 aliphatic heterocycles. The maximum atomic E-state index is 12.6. The summed E-state index contributed by atoms with van der Waals surface area (Å²) >= 11 is 0. The first-order valence-electron chi connectivity index (χ1n) is 9.60. The third kappa shape index (κ3) is 5.10. The van der Waals surface area contributed by atoms with Crippen LogP contribution < -0.4 is 0 Å². The lowest BCUT2D eigenvalue weighted by atomic mass is 10.0. The minimum atomic E-state index is -0.320. The number of ether oxygens (including phenoxy) is 2. The van der Waals surface area contributed by atoms with Crippen LogP contribution in [0, 0.1) is 0 Å². The number of hydrogen-bond donors (Lipinski definition) is 0. The lowest BCUT2D eigenvalue weighted by Crippen LogP contribution is -2.51. The average molecular weight is 382 g/mol. The second-order valence-corrected chi connectivity index (χ2v) is 6.58. The Labute approximate surface area is 165 Å². The summed E-state index contributed by atoms with van der Waals surface area (Å²) in [7, 11) is 0. The topological polar surface area (TPSA) is 59.1 Å². The molecule has 2 aromatic carbocycles.